The second-order valence-corrected chi connectivity index (χ2v) is 21.9. The molecule has 15 atom stereocenters. The minimum absolute atomic E-state index is 0.0142. The molecule has 8 nitrogen and oxygen atoms in total. The number of ketones is 2. The highest BCUT2D eigenvalue weighted by Crippen LogP contribution is 2.78. The summed E-state index contributed by atoms with van der Waals surface area (Å²) in [6, 6.07) is 15.6. The first kappa shape index (κ1) is 41.3. The fraction of sp³-hybridized carbons (Fsp3) is 0.686. The fourth-order valence-corrected chi connectivity index (χ4v) is 16.4. The van der Waals surface area contributed by atoms with Crippen molar-refractivity contribution in [2.45, 2.75) is 161 Å². The van der Waals surface area contributed by atoms with E-state index in [-0.39, 0.29) is 63.6 Å². The van der Waals surface area contributed by atoms with Crippen molar-refractivity contribution in [2.24, 2.45) is 51.2 Å². The summed E-state index contributed by atoms with van der Waals surface area (Å²) in [5.41, 5.74) is 9.65. The first-order valence-electron chi connectivity index (χ1n) is 23.1. The quantitative estimate of drug-likeness (QED) is 0.119. The number of anilines is 1. The molecule has 1 aliphatic heterocycles. The number of fused-ring (bicyclic) bond motifs is 2. The molecule has 1 heterocycles. The lowest BCUT2D eigenvalue weighted by atomic mass is 9.31. The number of aliphatic hydroxyl groups excluding tert-OH is 2. The predicted octanol–water partition coefficient (Wildman–Crippen LogP) is 8.63. The van der Waals surface area contributed by atoms with Gasteiger partial charge in [0.15, 0.2) is 5.78 Å². The van der Waals surface area contributed by atoms with Crippen molar-refractivity contribution in [2.75, 3.05) is 12.3 Å². The van der Waals surface area contributed by atoms with Crippen LogP contribution in [0.25, 0.3) is 0 Å². The Kier molecular flexibility index (Phi) is 9.98. The van der Waals surface area contributed by atoms with Gasteiger partial charge in [-0.1, -0.05) is 77.3 Å². The Bertz CT molecular complexity index is 2040. The third kappa shape index (κ3) is 6.02. The number of carbonyl (C=O) groups is 2. The summed E-state index contributed by atoms with van der Waals surface area (Å²) in [4.78, 5) is 29.8. The number of rotatable bonds is 10. The number of benzene rings is 2. The second-order valence-electron chi connectivity index (χ2n) is 21.9. The zero-order valence-corrected chi connectivity index (χ0v) is 36.6. The third-order valence-electron chi connectivity index (χ3n) is 18.5. The van der Waals surface area contributed by atoms with E-state index in [0.717, 1.165) is 74.6 Å². The molecule has 2 aromatic rings. The Morgan fingerprint density at radius 3 is 2.39 bits per heavy atom. The van der Waals surface area contributed by atoms with E-state index in [0.29, 0.717) is 42.9 Å². The number of nitrogens with two attached hydrogens (primary N) is 1. The first-order chi connectivity index (χ1) is 27.9. The smallest absolute Gasteiger partial charge is 0.163 e. The van der Waals surface area contributed by atoms with Crippen LogP contribution in [0.2, 0.25) is 0 Å². The van der Waals surface area contributed by atoms with Gasteiger partial charge in [-0.3, -0.25) is 9.59 Å². The summed E-state index contributed by atoms with van der Waals surface area (Å²) < 4.78 is 6.53. The van der Waals surface area contributed by atoms with Crippen LogP contribution in [0, 0.1) is 51.2 Å². The number of aliphatic hydroxyl groups is 2. The van der Waals surface area contributed by atoms with Crippen LogP contribution >= 0.6 is 0 Å². The van der Waals surface area contributed by atoms with Gasteiger partial charge in [0.2, 0.25) is 0 Å². The lowest BCUT2D eigenvalue weighted by Crippen LogP contribution is -2.71. The van der Waals surface area contributed by atoms with E-state index in [2.05, 4.69) is 59.0 Å². The van der Waals surface area contributed by atoms with Gasteiger partial charge in [-0.05, 0) is 153 Å². The molecular formula is C51H70N2O6. The highest BCUT2D eigenvalue weighted by atomic mass is 16.6. The van der Waals surface area contributed by atoms with Gasteiger partial charge in [0, 0.05) is 40.9 Å². The zero-order valence-electron chi connectivity index (χ0n) is 36.6. The number of nitrogens with one attached hydrogen (secondary N) is 1. The average molecular weight is 807 g/mol. The summed E-state index contributed by atoms with van der Waals surface area (Å²) in [6.45, 7) is 15.8. The molecule has 15 unspecified atom stereocenters. The Morgan fingerprint density at radius 1 is 0.915 bits per heavy atom. The van der Waals surface area contributed by atoms with Crippen LogP contribution in [0.4, 0.5) is 5.69 Å². The zero-order chi connectivity index (χ0) is 42.0. The Morgan fingerprint density at radius 2 is 1.66 bits per heavy atom. The van der Waals surface area contributed by atoms with Crippen LogP contribution in [0.5, 0.6) is 5.75 Å². The van der Waals surface area contributed by atoms with Crippen molar-refractivity contribution in [3.63, 3.8) is 0 Å². The van der Waals surface area contributed by atoms with Gasteiger partial charge < -0.3 is 31.1 Å². The maximum Gasteiger partial charge on any atom is 0.163 e. The molecule has 8 heteroatoms. The van der Waals surface area contributed by atoms with E-state index >= 15 is 4.79 Å². The molecule has 9 rings (SSSR count). The Hall–Kier alpha value is -3.04. The molecule has 0 aromatic heterocycles. The van der Waals surface area contributed by atoms with E-state index in [1.165, 1.54) is 11.1 Å². The number of phenols is 1. The number of hydrogen-bond acceptors (Lipinski definition) is 8. The molecule has 6 N–H and O–H groups in total. The molecule has 320 valence electrons. The van der Waals surface area contributed by atoms with Gasteiger partial charge in [0.1, 0.15) is 17.6 Å². The van der Waals surface area contributed by atoms with E-state index in [1.54, 1.807) is 12.1 Å². The van der Waals surface area contributed by atoms with E-state index in [1.807, 2.05) is 31.2 Å². The minimum Gasteiger partial charge on any atom is -0.508 e. The number of phenolic OH excluding ortho intramolecular Hbond substituents is 1. The SMILES string of the molecule is CC(O)CNC1CC23CCCC4C(=O)C(C(C)CC(O)C5OC5(C)C5CCCC5c5cccc(N)c5)=C(CCC2C2(C)CC(c5cccc(O)c5)C(=O)C(C)(C)C12)C43C. The number of allylic oxidation sites excluding steroid dienone is 2. The fourth-order valence-electron chi connectivity index (χ4n) is 16.4. The van der Waals surface area contributed by atoms with E-state index < -0.39 is 23.2 Å². The minimum atomic E-state index is -0.668. The van der Waals surface area contributed by atoms with Gasteiger partial charge >= 0.3 is 0 Å². The van der Waals surface area contributed by atoms with Crippen molar-refractivity contribution in [1.82, 2.24) is 5.32 Å². The highest BCUT2D eigenvalue weighted by Gasteiger charge is 2.75. The number of aromatic hydroxyl groups is 1. The van der Waals surface area contributed by atoms with Crippen LogP contribution in [0.3, 0.4) is 0 Å². The number of hydrogen-bond donors (Lipinski definition) is 5. The molecule has 5 saturated carbocycles. The predicted molar refractivity (Wildman–Crippen MR) is 231 cm³/mol. The summed E-state index contributed by atoms with van der Waals surface area (Å²) in [5, 5.41) is 37.0. The second kappa shape index (κ2) is 14.3. The standard InChI is InChI=1S/C51H70N2O6/c1-28(22-40(56)46-50(7,59-46)36-17-10-16-34(36)30-12-8-14-32(52)23-30)42-37-19-20-41-48(5)25-35(31-13-9-15-33(55)24-31)45(58)47(3,4)44(48)39(53-27-29(2)54)26-51(41)21-11-18-38(43(42)57)49(37,51)6/h8-9,12-15,23-24,28-29,34-36,38-41,44,46,53-56H,10-11,16-22,25-27,52H2,1-7H3. The third-order valence-corrected chi connectivity index (χ3v) is 18.5. The van der Waals surface area contributed by atoms with Gasteiger partial charge in [0.25, 0.3) is 0 Å². The monoisotopic (exact) mass is 807 g/mol. The number of ether oxygens (including phenoxy) is 1. The first-order valence-corrected chi connectivity index (χ1v) is 23.1. The Labute approximate surface area is 352 Å². The van der Waals surface area contributed by atoms with Crippen molar-refractivity contribution in [1.29, 1.82) is 0 Å². The van der Waals surface area contributed by atoms with Gasteiger partial charge in [-0.15, -0.1) is 0 Å². The topological polar surface area (TPSA) is 145 Å². The van der Waals surface area contributed by atoms with Gasteiger partial charge in [-0.25, -0.2) is 0 Å². The van der Waals surface area contributed by atoms with Crippen molar-refractivity contribution >= 4 is 17.3 Å². The van der Waals surface area contributed by atoms with Crippen LogP contribution in [0.1, 0.15) is 142 Å². The molecule has 2 aromatic carbocycles. The Balaban J connectivity index is 1.04. The molecule has 1 saturated heterocycles. The summed E-state index contributed by atoms with van der Waals surface area (Å²) in [5.74, 6) is 1.18. The normalized spacial score (nSPS) is 42.5. The van der Waals surface area contributed by atoms with E-state index in [4.69, 9.17) is 10.5 Å². The van der Waals surface area contributed by atoms with Crippen LogP contribution in [0.15, 0.2) is 59.7 Å². The number of Topliss-reactive ketones (excluding diaryl/α,β-unsaturated/α-hetero) is 2. The summed E-state index contributed by atoms with van der Waals surface area (Å²) in [6.07, 6.45) is 8.65. The van der Waals surface area contributed by atoms with Gasteiger partial charge in [-0.2, -0.15) is 0 Å². The van der Waals surface area contributed by atoms with Crippen LogP contribution in [-0.2, 0) is 14.3 Å². The van der Waals surface area contributed by atoms with Gasteiger partial charge in [0.05, 0.1) is 17.8 Å². The number of carbonyl (C=O) groups excluding carboxylic acids is 2. The van der Waals surface area contributed by atoms with Crippen LogP contribution < -0.4 is 11.1 Å². The van der Waals surface area contributed by atoms with E-state index in [9.17, 15) is 20.1 Å². The molecule has 7 aliphatic rings. The molecule has 0 radical (unpaired) electrons. The molecule has 0 amide bonds. The molecule has 6 aliphatic carbocycles. The summed E-state index contributed by atoms with van der Waals surface area (Å²) >= 11 is 0. The number of nitrogen functional groups attached to an aromatic ring is 1. The molecule has 59 heavy (non-hydrogen) atoms. The van der Waals surface area contributed by atoms with Crippen molar-refractivity contribution in [3.8, 4) is 5.75 Å². The summed E-state index contributed by atoms with van der Waals surface area (Å²) in [7, 11) is 0. The maximum atomic E-state index is 15.1. The van der Waals surface area contributed by atoms with Crippen molar-refractivity contribution in [3.05, 3.63) is 70.8 Å². The molecule has 1 spiro atoms. The molecule has 6 fully saturated rings. The maximum absolute atomic E-state index is 15.1. The lowest BCUT2D eigenvalue weighted by molar-refractivity contribution is -0.215. The highest BCUT2D eigenvalue weighted by molar-refractivity contribution is 6.03. The van der Waals surface area contributed by atoms with Crippen LogP contribution in [-0.4, -0.2) is 63.4 Å². The van der Waals surface area contributed by atoms with Crippen molar-refractivity contribution < 1.29 is 29.6 Å². The molecule has 0 bridgehead atoms. The lowest BCUT2D eigenvalue weighted by Gasteiger charge is -2.73. The molecular weight excluding hydrogens is 737 g/mol. The largest absolute Gasteiger partial charge is 0.508 e. The number of epoxide rings is 1. The average Bonchev–Trinajstić information content (AvgIpc) is 3.51.